The van der Waals surface area contributed by atoms with Gasteiger partial charge >= 0.3 is 0 Å². The minimum Gasteiger partial charge on any atom is -0.489 e. The quantitative estimate of drug-likeness (QED) is 0.146. The first-order valence-electron chi connectivity index (χ1n) is 14.5. The van der Waals surface area contributed by atoms with Crippen LogP contribution in [0.25, 0.3) is 0 Å². The van der Waals surface area contributed by atoms with Gasteiger partial charge in [-0.05, 0) is 90.9 Å². The van der Waals surface area contributed by atoms with Gasteiger partial charge in [0, 0.05) is 37.4 Å². The van der Waals surface area contributed by atoms with Crippen molar-refractivity contribution >= 4 is 66.0 Å². The van der Waals surface area contributed by atoms with E-state index < -0.39 is 0 Å². The van der Waals surface area contributed by atoms with E-state index in [1.807, 2.05) is 97.1 Å². The molecule has 1 aliphatic carbocycles. The molecule has 0 radical (unpaired) electrons. The summed E-state index contributed by atoms with van der Waals surface area (Å²) in [7, 11) is 0. The highest BCUT2D eigenvalue weighted by molar-refractivity contribution is 9.10. The molecule has 0 saturated carbocycles. The fourth-order valence-corrected chi connectivity index (χ4v) is 6.80. The molecule has 0 saturated heterocycles. The van der Waals surface area contributed by atoms with Gasteiger partial charge in [-0.1, -0.05) is 74.3 Å². The fraction of sp³-hybridized carbons (Fsp3) is 0.167. The van der Waals surface area contributed by atoms with E-state index in [1.165, 1.54) is 4.88 Å². The molecule has 1 N–H and O–H groups in total. The lowest BCUT2D eigenvalue weighted by Crippen LogP contribution is -2.14. The standard InChI is InChI=1S/C36H30Br2N2O3S/c37-27-15-10-24(11-16-27)22-42-30-19-14-26(32(20-30)43-23-25-12-17-28(38)18-13-25)21-39-36-34(31-8-4-5-9-33(31)44-36)35(41)40-29-6-2-1-3-7-29/h1-3,6-7,10-21H,4-5,8-9,22-23H2,(H,40,41). The number of fused-ring (bicyclic) bond motifs is 1. The number of aryl methyl sites for hydroxylation is 1. The molecule has 0 fully saturated rings. The number of para-hydroxylation sites is 1. The zero-order valence-corrected chi connectivity index (χ0v) is 27.9. The van der Waals surface area contributed by atoms with E-state index >= 15 is 0 Å². The molecule has 0 aliphatic heterocycles. The SMILES string of the molecule is O=C(Nc1ccccc1)c1c(N=Cc2ccc(OCc3ccc(Br)cc3)cc2OCc2ccc(Br)cc2)sc2c1CCCC2. The smallest absolute Gasteiger partial charge is 0.259 e. The van der Waals surface area contributed by atoms with Gasteiger partial charge in [0.05, 0.1) is 5.56 Å². The largest absolute Gasteiger partial charge is 0.489 e. The summed E-state index contributed by atoms with van der Waals surface area (Å²) in [4.78, 5) is 19.7. The minimum absolute atomic E-state index is 0.119. The van der Waals surface area contributed by atoms with Crippen LogP contribution >= 0.6 is 43.2 Å². The average molecular weight is 731 g/mol. The second-order valence-corrected chi connectivity index (χ2v) is 13.4. The van der Waals surface area contributed by atoms with Crippen molar-refractivity contribution in [1.29, 1.82) is 0 Å². The lowest BCUT2D eigenvalue weighted by Gasteiger charge is -2.13. The fourth-order valence-electron chi connectivity index (χ4n) is 5.04. The van der Waals surface area contributed by atoms with Crippen molar-refractivity contribution in [3.05, 3.63) is 139 Å². The Morgan fingerprint density at radius 1 is 0.818 bits per heavy atom. The number of carbonyl (C=O) groups excluding carboxylic acids is 1. The Kier molecular flexibility index (Phi) is 9.90. The van der Waals surface area contributed by atoms with Crippen molar-refractivity contribution in [2.45, 2.75) is 38.9 Å². The monoisotopic (exact) mass is 728 g/mol. The lowest BCUT2D eigenvalue weighted by atomic mass is 9.95. The van der Waals surface area contributed by atoms with Crippen LogP contribution in [0.5, 0.6) is 11.5 Å². The highest BCUT2D eigenvalue weighted by Crippen LogP contribution is 2.40. The summed E-state index contributed by atoms with van der Waals surface area (Å²) in [5, 5.41) is 3.79. The molecule has 5 aromatic rings. The molecule has 5 nitrogen and oxygen atoms in total. The molecule has 1 aliphatic rings. The Morgan fingerprint density at radius 2 is 1.48 bits per heavy atom. The third-order valence-corrected chi connectivity index (χ3v) is 9.60. The number of nitrogens with one attached hydrogen (secondary N) is 1. The highest BCUT2D eigenvalue weighted by atomic mass is 79.9. The van der Waals surface area contributed by atoms with E-state index in [1.54, 1.807) is 17.6 Å². The Labute approximate surface area is 278 Å². The second-order valence-electron chi connectivity index (χ2n) is 10.5. The van der Waals surface area contributed by atoms with Crippen LogP contribution in [0, 0.1) is 0 Å². The number of amides is 1. The van der Waals surface area contributed by atoms with Gasteiger partial charge in [0.2, 0.25) is 0 Å². The van der Waals surface area contributed by atoms with E-state index in [9.17, 15) is 4.79 Å². The third-order valence-electron chi connectivity index (χ3n) is 7.34. The number of benzene rings is 4. The van der Waals surface area contributed by atoms with Gasteiger partial charge in [-0.15, -0.1) is 11.3 Å². The molecule has 1 aromatic heterocycles. The lowest BCUT2D eigenvalue weighted by molar-refractivity contribution is 0.102. The molecule has 0 atom stereocenters. The van der Waals surface area contributed by atoms with Gasteiger partial charge in [-0.2, -0.15) is 0 Å². The average Bonchev–Trinajstić information content (AvgIpc) is 3.43. The Balaban J connectivity index is 1.28. The van der Waals surface area contributed by atoms with Crippen LogP contribution in [0.1, 0.15) is 50.3 Å². The van der Waals surface area contributed by atoms with Gasteiger partial charge < -0.3 is 14.8 Å². The summed E-state index contributed by atoms with van der Waals surface area (Å²) in [5.74, 6) is 1.23. The number of aliphatic imine (C=N–C) groups is 1. The number of hydrogen-bond donors (Lipinski definition) is 1. The van der Waals surface area contributed by atoms with E-state index in [4.69, 9.17) is 14.5 Å². The Hall–Kier alpha value is -3.72. The molecule has 0 unspecified atom stereocenters. The number of halogens is 2. The number of carbonyl (C=O) groups is 1. The van der Waals surface area contributed by atoms with Crippen LogP contribution in [0.2, 0.25) is 0 Å². The summed E-state index contributed by atoms with van der Waals surface area (Å²) in [6.07, 6.45) is 5.88. The van der Waals surface area contributed by atoms with E-state index in [-0.39, 0.29) is 5.91 Å². The summed E-state index contributed by atoms with van der Waals surface area (Å²) in [6.45, 7) is 0.829. The maximum Gasteiger partial charge on any atom is 0.259 e. The molecular formula is C36H30Br2N2O3S. The molecule has 6 rings (SSSR count). The number of rotatable bonds is 10. The van der Waals surface area contributed by atoms with Crippen LogP contribution in [-0.2, 0) is 26.1 Å². The van der Waals surface area contributed by atoms with Gasteiger partial charge in [0.15, 0.2) is 0 Å². The van der Waals surface area contributed by atoms with Gasteiger partial charge in [0.25, 0.3) is 5.91 Å². The molecule has 222 valence electrons. The number of nitrogens with zero attached hydrogens (tertiary/aromatic N) is 1. The summed E-state index contributed by atoms with van der Waals surface area (Å²) in [5.41, 5.74) is 5.49. The van der Waals surface area contributed by atoms with E-state index in [0.29, 0.717) is 30.3 Å². The Bertz CT molecular complexity index is 1770. The predicted octanol–water partition coefficient (Wildman–Crippen LogP) is 10.3. The number of ether oxygens (including phenoxy) is 2. The van der Waals surface area contributed by atoms with Gasteiger partial charge in [-0.25, -0.2) is 4.99 Å². The molecular weight excluding hydrogens is 700 g/mol. The van der Waals surface area contributed by atoms with Crippen molar-refractivity contribution in [2.24, 2.45) is 4.99 Å². The summed E-state index contributed by atoms with van der Waals surface area (Å²) < 4.78 is 14.5. The number of hydrogen-bond acceptors (Lipinski definition) is 5. The van der Waals surface area contributed by atoms with Crippen molar-refractivity contribution in [2.75, 3.05) is 5.32 Å². The van der Waals surface area contributed by atoms with Crippen molar-refractivity contribution in [3.8, 4) is 11.5 Å². The maximum absolute atomic E-state index is 13.6. The zero-order valence-electron chi connectivity index (χ0n) is 23.9. The topological polar surface area (TPSA) is 59.9 Å². The first kappa shape index (κ1) is 30.3. The van der Waals surface area contributed by atoms with Crippen LogP contribution < -0.4 is 14.8 Å². The van der Waals surface area contributed by atoms with Gasteiger partial charge in [0.1, 0.15) is 29.7 Å². The van der Waals surface area contributed by atoms with Crippen molar-refractivity contribution in [1.82, 2.24) is 0 Å². The van der Waals surface area contributed by atoms with Crippen molar-refractivity contribution < 1.29 is 14.3 Å². The van der Waals surface area contributed by atoms with E-state index in [0.717, 1.165) is 67.6 Å². The first-order valence-corrected chi connectivity index (χ1v) is 16.9. The van der Waals surface area contributed by atoms with Crippen LogP contribution in [0.3, 0.4) is 0 Å². The molecule has 8 heteroatoms. The molecule has 1 heterocycles. The summed E-state index contributed by atoms with van der Waals surface area (Å²) >= 11 is 8.59. The molecule has 4 aromatic carbocycles. The summed E-state index contributed by atoms with van der Waals surface area (Å²) in [6, 6.07) is 31.5. The highest BCUT2D eigenvalue weighted by Gasteiger charge is 2.25. The second kappa shape index (κ2) is 14.4. The number of thiophene rings is 1. The molecule has 1 amide bonds. The Morgan fingerprint density at radius 3 is 2.18 bits per heavy atom. The van der Waals surface area contributed by atoms with Crippen LogP contribution in [0.15, 0.2) is 111 Å². The minimum atomic E-state index is -0.119. The third kappa shape index (κ3) is 7.67. The van der Waals surface area contributed by atoms with E-state index in [2.05, 4.69) is 37.2 Å². The molecule has 0 bridgehead atoms. The predicted molar refractivity (Wildman–Crippen MR) is 186 cm³/mol. The molecule has 0 spiro atoms. The van der Waals surface area contributed by atoms with Crippen LogP contribution in [-0.4, -0.2) is 12.1 Å². The first-order chi connectivity index (χ1) is 21.5. The maximum atomic E-state index is 13.6. The zero-order chi connectivity index (χ0) is 30.3. The number of anilines is 1. The molecule has 44 heavy (non-hydrogen) atoms. The normalized spacial score (nSPS) is 12.6. The van der Waals surface area contributed by atoms with Crippen LogP contribution in [0.4, 0.5) is 10.7 Å². The van der Waals surface area contributed by atoms with Gasteiger partial charge in [-0.3, -0.25) is 4.79 Å². The van der Waals surface area contributed by atoms with Crippen molar-refractivity contribution in [3.63, 3.8) is 0 Å².